The van der Waals surface area contributed by atoms with Gasteiger partial charge in [0.2, 0.25) is 0 Å². The van der Waals surface area contributed by atoms with Crippen molar-refractivity contribution in [2.75, 3.05) is 13.1 Å². The van der Waals surface area contributed by atoms with Crippen LogP contribution in [0.15, 0.2) is 0 Å². The Bertz CT molecular complexity index is 229. The van der Waals surface area contributed by atoms with Crippen molar-refractivity contribution in [3.8, 4) is 0 Å². The summed E-state index contributed by atoms with van der Waals surface area (Å²) in [4.78, 5) is 2.82. The van der Waals surface area contributed by atoms with Gasteiger partial charge in [-0.3, -0.25) is 4.90 Å². The lowest BCUT2D eigenvalue weighted by Gasteiger charge is -2.32. The van der Waals surface area contributed by atoms with Crippen molar-refractivity contribution >= 4 is 0 Å². The van der Waals surface area contributed by atoms with Crippen LogP contribution in [0.1, 0.15) is 46.0 Å². The number of piperidine rings is 1. The van der Waals surface area contributed by atoms with Gasteiger partial charge in [0, 0.05) is 19.1 Å². The smallest absolute Gasteiger partial charge is 0.00988 e. The van der Waals surface area contributed by atoms with Gasteiger partial charge < -0.3 is 0 Å². The van der Waals surface area contributed by atoms with Gasteiger partial charge >= 0.3 is 0 Å². The molecule has 2 aliphatic carbocycles. The van der Waals surface area contributed by atoms with Gasteiger partial charge in [-0.25, -0.2) is 0 Å². The Kier molecular flexibility index (Phi) is 1.96. The second kappa shape index (κ2) is 2.98. The van der Waals surface area contributed by atoms with E-state index in [0.29, 0.717) is 0 Å². The minimum atomic E-state index is 0.741. The van der Waals surface area contributed by atoms with E-state index in [4.69, 9.17) is 0 Å². The third kappa shape index (κ3) is 1.32. The summed E-state index contributed by atoms with van der Waals surface area (Å²) in [5.41, 5.74) is 0.741. The predicted octanol–water partition coefficient (Wildman–Crippen LogP) is 2.91. The topological polar surface area (TPSA) is 3.24 Å². The van der Waals surface area contributed by atoms with Gasteiger partial charge in [0.25, 0.3) is 0 Å². The lowest BCUT2D eigenvalue weighted by atomic mass is 9.91. The average Bonchev–Trinajstić information content (AvgIpc) is 2.66. The summed E-state index contributed by atoms with van der Waals surface area (Å²) in [7, 11) is 0. The number of hydrogen-bond acceptors (Lipinski definition) is 1. The summed E-state index contributed by atoms with van der Waals surface area (Å²) in [6.07, 6.45) is 7.54. The first-order chi connectivity index (χ1) is 6.70. The zero-order chi connectivity index (χ0) is 9.76. The Morgan fingerprint density at radius 3 is 2.50 bits per heavy atom. The highest BCUT2D eigenvalue weighted by Crippen LogP contribution is 2.54. The van der Waals surface area contributed by atoms with Crippen molar-refractivity contribution in [2.45, 2.75) is 52.0 Å². The van der Waals surface area contributed by atoms with E-state index in [1.165, 1.54) is 45.2 Å². The first-order valence-electron chi connectivity index (χ1n) is 6.44. The van der Waals surface area contributed by atoms with Gasteiger partial charge in [0.05, 0.1) is 0 Å². The van der Waals surface area contributed by atoms with Crippen LogP contribution in [-0.2, 0) is 0 Å². The van der Waals surface area contributed by atoms with E-state index in [9.17, 15) is 0 Å². The number of likely N-dealkylation sites (tertiary alicyclic amines) is 1. The molecule has 0 N–H and O–H groups in total. The summed E-state index contributed by atoms with van der Waals surface area (Å²) >= 11 is 0. The van der Waals surface area contributed by atoms with E-state index in [0.717, 1.165) is 23.3 Å². The molecular formula is C13H23N. The number of fused-ring (bicyclic) bond motifs is 2. The van der Waals surface area contributed by atoms with Crippen molar-refractivity contribution in [2.24, 2.45) is 17.3 Å². The minimum absolute atomic E-state index is 0.741. The van der Waals surface area contributed by atoms with Crippen LogP contribution in [0, 0.1) is 17.3 Å². The summed E-state index contributed by atoms with van der Waals surface area (Å²) in [6.45, 7) is 7.69. The molecule has 3 fully saturated rings. The van der Waals surface area contributed by atoms with E-state index in [-0.39, 0.29) is 0 Å². The fraction of sp³-hybridized carbons (Fsp3) is 1.00. The van der Waals surface area contributed by atoms with Crippen molar-refractivity contribution < 1.29 is 0 Å². The van der Waals surface area contributed by atoms with Crippen LogP contribution < -0.4 is 0 Å². The Morgan fingerprint density at radius 1 is 1.29 bits per heavy atom. The molecule has 0 radical (unpaired) electrons. The lowest BCUT2D eigenvalue weighted by molar-refractivity contribution is 0.149. The lowest BCUT2D eigenvalue weighted by Crippen LogP contribution is -2.38. The molecule has 1 saturated heterocycles. The predicted molar refractivity (Wildman–Crippen MR) is 59.2 cm³/mol. The fourth-order valence-electron chi connectivity index (χ4n) is 3.70. The summed E-state index contributed by atoms with van der Waals surface area (Å²) in [6, 6.07) is 0.983. The molecule has 3 rings (SSSR count). The maximum absolute atomic E-state index is 2.82. The molecule has 3 aliphatic rings. The van der Waals surface area contributed by atoms with Gasteiger partial charge in [0.1, 0.15) is 0 Å². The van der Waals surface area contributed by atoms with Crippen LogP contribution in [-0.4, -0.2) is 24.0 Å². The van der Waals surface area contributed by atoms with E-state index in [1.54, 1.807) is 0 Å². The standard InChI is InChI=1S/C13H23N/c1-10(2)13(5-6-13)9-14-8-11-3-4-12(14)7-11/h10-12H,3-9H2,1-2H3. The first-order valence-corrected chi connectivity index (χ1v) is 6.44. The Hall–Kier alpha value is -0.0400. The highest BCUT2D eigenvalue weighted by molar-refractivity contribution is 5.02. The van der Waals surface area contributed by atoms with Crippen molar-refractivity contribution in [1.29, 1.82) is 0 Å². The molecule has 2 unspecified atom stereocenters. The SMILES string of the molecule is CC(C)C1(CN2CC3CCC2C3)CC1. The summed E-state index contributed by atoms with van der Waals surface area (Å²) < 4.78 is 0. The van der Waals surface area contributed by atoms with Crippen molar-refractivity contribution in [3.05, 3.63) is 0 Å². The third-order valence-electron chi connectivity index (χ3n) is 5.16. The molecule has 2 bridgehead atoms. The summed E-state index contributed by atoms with van der Waals surface area (Å²) in [5, 5.41) is 0. The Morgan fingerprint density at radius 2 is 2.07 bits per heavy atom. The molecule has 80 valence electrons. The van der Waals surface area contributed by atoms with Crippen LogP contribution in [0.4, 0.5) is 0 Å². The van der Waals surface area contributed by atoms with Gasteiger partial charge in [-0.1, -0.05) is 13.8 Å². The van der Waals surface area contributed by atoms with Crippen LogP contribution >= 0.6 is 0 Å². The van der Waals surface area contributed by atoms with Gasteiger partial charge in [-0.05, 0) is 49.4 Å². The Balaban J connectivity index is 1.63. The molecule has 0 aromatic rings. The first kappa shape index (κ1) is 9.21. The molecule has 0 aromatic heterocycles. The fourth-order valence-corrected chi connectivity index (χ4v) is 3.70. The maximum Gasteiger partial charge on any atom is 0.00988 e. The molecular weight excluding hydrogens is 170 g/mol. The minimum Gasteiger partial charge on any atom is -0.300 e. The molecule has 14 heavy (non-hydrogen) atoms. The molecule has 1 nitrogen and oxygen atoms in total. The van der Waals surface area contributed by atoms with Gasteiger partial charge in [-0.2, -0.15) is 0 Å². The van der Waals surface area contributed by atoms with Crippen LogP contribution in [0.3, 0.4) is 0 Å². The van der Waals surface area contributed by atoms with E-state index >= 15 is 0 Å². The van der Waals surface area contributed by atoms with Crippen LogP contribution in [0.5, 0.6) is 0 Å². The molecule has 1 heterocycles. The normalized spacial score (nSPS) is 39.6. The summed E-state index contributed by atoms with van der Waals surface area (Å²) in [5.74, 6) is 1.98. The molecule has 0 aromatic carbocycles. The highest BCUT2D eigenvalue weighted by Gasteiger charge is 2.49. The van der Waals surface area contributed by atoms with Crippen LogP contribution in [0.2, 0.25) is 0 Å². The molecule has 1 heteroatoms. The van der Waals surface area contributed by atoms with Crippen molar-refractivity contribution in [1.82, 2.24) is 4.90 Å². The quantitative estimate of drug-likeness (QED) is 0.666. The molecule has 1 aliphatic heterocycles. The maximum atomic E-state index is 2.82. The number of rotatable bonds is 3. The number of nitrogens with zero attached hydrogens (tertiary/aromatic N) is 1. The number of hydrogen-bond donors (Lipinski definition) is 0. The van der Waals surface area contributed by atoms with E-state index < -0.39 is 0 Å². The van der Waals surface area contributed by atoms with Crippen LogP contribution in [0.25, 0.3) is 0 Å². The molecule has 2 saturated carbocycles. The largest absolute Gasteiger partial charge is 0.300 e. The zero-order valence-electron chi connectivity index (χ0n) is 9.63. The van der Waals surface area contributed by atoms with E-state index in [1.807, 2.05) is 0 Å². The third-order valence-corrected chi connectivity index (χ3v) is 5.16. The molecule has 2 atom stereocenters. The van der Waals surface area contributed by atoms with Crippen molar-refractivity contribution in [3.63, 3.8) is 0 Å². The monoisotopic (exact) mass is 193 g/mol. The molecule has 0 amide bonds. The second-order valence-corrected chi connectivity index (χ2v) is 6.28. The average molecular weight is 193 g/mol. The van der Waals surface area contributed by atoms with E-state index in [2.05, 4.69) is 18.7 Å². The highest BCUT2D eigenvalue weighted by atomic mass is 15.2. The Labute approximate surface area is 87.9 Å². The van der Waals surface area contributed by atoms with Gasteiger partial charge in [0.15, 0.2) is 0 Å². The zero-order valence-corrected chi connectivity index (χ0v) is 9.63. The second-order valence-electron chi connectivity index (χ2n) is 6.28. The van der Waals surface area contributed by atoms with Gasteiger partial charge in [-0.15, -0.1) is 0 Å². The molecule has 0 spiro atoms.